The summed E-state index contributed by atoms with van der Waals surface area (Å²) in [5.74, 6) is -0.643. The van der Waals surface area contributed by atoms with E-state index in [1.807, 2.05) is 0 Å². The van der Waals surface area contributed by atoms with E-state index in [1.165, 1.54) is 24.3 Å². The van der Waals surface area contributed by atoms with Crippen molar-refractivity contribution in [3.8, 4) is 6.07 Å². The van der Waals surface area contributed by atoms with Crippen LogP contribution in [0.15, 0.2) is 35.0 Å². The van der Waals surface area contributed by atoms with Gasteiger partial charge in [-0.05, 0) is 56.4 Å². The number of fused-ring (bicyclic) bond motifs is 1. The van der Waals surface area contributed by atoms with Gasteiger partial charge in [-0.3, -0.25) is 9.48 Å². The van der Waals surface area contributed by atoms with Crippen molar-refractivity contribution in [1.82, 2.24) is 9.78 Å². The Kier molecular flexibility index (Phi) is 6.18. The van der Waals surface area contributed by atoms with Crippen molar-refractivity contribution in [2.24, 2.45) is 0 Å². The molecule has 1 atom stereocenters. The number of anilines is 1. The van der Waals surface area contributed by atoms with Gasteiger partial charge in [0.2, 0.25) is 5.76 Å². The highest BCUT2D eigenvalue weighted by atomic mass is 32.1. The molecule has 0 spiro atoms. The van der Waals surface area contributed by atoms with Crippen molar-refractivity contribution < 1.29 is 18.7 Å². The van der Waals surface area contributed by atoms with E-state index in [9.17, 15) is 14.9 Å². The van der Waals surface area contributed by atoms with Gasteiger partial charge in [0.1, 0.15) is 16.8 Å². The summed E-state index contributed by atoms with van der Waals surface area (Å²) in [6.07, 6.45) is 7.46. The maximum Gasteiger partial charge on any atom is 0.375 e. The highest BCUT2D eigenvalue weighted by Crippen LogP contribution is 2.37. The molecule has 31 heavy (non-hydrogen) atoms. The predicted octanol–water partition coefficient (Wildman–Crippen LogP) is 3.91. The van der Waals surface area contributed by atoms with Gasteiger partial charge in [0.25, 0.3) is 5.91 Å². The van der Waals surface area contributed by atoms with Crippen LogP contribution in [0.2, 0.25) is 0 Å². The molecule has 8 nitrogen and oxygen atoms in total. The number of rotatable bonds is 6. The third kappa shape index (κ3) is 4.70. The third-order valence-corrected chi connectivity index (χ3v) is 6.37. The van der Waals surface area contributed by atoms with Crippen LogP contribution in [0.4, 0.5) is 5.00 Å². The Balaban J connectivity index is 1.38. The molecule has 0 fully saturated rings. The number of nitrogens with one attached hydrogen (secondary N) is 1. The lowest BCUT2D eigenvalue weighted by Crippen LogP contribution is -2.29. The van der Waals surface area contributed by atoms with Crippen LogP contribution in [0.3, 0.4) is 0 Å². The number of hydrogen-bond donors (Lipinski definition) is 1. The van der Waals surface area contributed by atoms with E-state index in [1.54, 1.807) is 29.2 Å². The molecule has 1 aliphatic rings. The minimum absolute atomic E-state index is 0.0161. The Morgan fingerprint density at radius 3 is 2.97 bits per heavy atom. The number of amides is 1. The summed E-state index contributed by atoms with van der Waals surface area (Å²) < 4.78 is 12.4. The van der Waals surface area contributed by atoms with E-state index in [-0.39, 0.29) is 5.76 Å². The number of hydrogen-bond acceptors (Lipinski definition) is 7. The molecule has 1 amide bonds. The number of esters is 1. The third-order valence-electron chi connectivity index (χ3n) is 5.16. The maximum atomic E-state index is 12.6. The molecule has 0 aliphatic heterocycles. The second kappa shape index (κ2) is 9.18. The summed E-state index contributed by atoms with van der Waals surface area (Å²) in [6, 6.07) is 7.20. The Bertz CT molecular complexity index is 1120. The molecule has 1 aliphatic carbocycles. The zero-order valence-corrected chi connectivity index (χ0v) is 17.9. The standard InChI is InChI=1S/C22H22N4O4S/c1-14(29-22(28)18-9-8-15(30-18)13-26-11-5-10-24-26)20(27)25-21-17(12-23)16-6-3-2-4-7-19(16)31-21/h5,8-11,14H,2-4,6-7,13H2,1H3,(H,25,27). The summed E-state index contributed by atoms with van der Waals surface area (Å²) in [4.78, 5) is 26.2. The Morgan fingerprint density at radius 1 is 1.35 bits per heavy atom. The van der Waals surface area contributed by atoms with E-state index >= 15 is 0 Å². The first kappa shape index (κ1) is 20.9. The van der Waals surface area contributed by atoms with Crippen LogP contribution in [0, 0.1) is 11.3 Å². The molecule has 1 unspecified atom stereocenters. The van der Waals surface area contributed by atoms with E-state index in [0.29, 0.717) is 22.9 Å². The van der Waals surface area contributed by atoms with E-state index < -0.39 is 18.0 Å². The molecule has 0 radical (unpaired) electrons. The average molecular weight is 439 g/mol. The number of aromatic nitrogens is 2. The largest absolute Gasteiger partial charge is 0.452 e. The van der Waals surface area contributed by atoms with Gasteiger partial charge in [-0.2, -0.15) is 10.4 Å². The number of ether oxygens (including phenoxy) is 1. The van der Waals surface area contributed by atoms with Crippen molar-refractivity contribution in [2.75, 3.05) is 5.32 Å². The van der Waals surface area contributed by atoms with Crippen LogP contribution in [-0.4, -0.2) is 27.8 Å². The van der Waals surface area contributed by atoms with Crippen molar-refractivity contribution in [1.29, 1.82) is 5.26 Å². The fraction of sp³-hybridized carbons (Fsp3) is 0.364. The van der Waals surface area contributed by atoms with E-state index in [0.717, 1.165) is 42.5 Å². The van der Waals surface area contributed by atoms with Crippen LogP contribution < -0.4 is 5.32 Å². The Labute approximate surface area is 183 Å². The second-order valence-electron chi connectivity index (χ2n) is 7.39. The summed E-state index contributed by atoms with van der Waals surface area (Å²) >= 11 is 1.44. The lowest BCUT2D eigenvalue weighted by molar-refractivity contribution is -0.123. The van der Waals surface area contributed by atoms with Gasteiger partial charge < -0.3 is 14.5 Å². The SMILES string of the molecule is CC(OC(=O)c1ccc(Cn2cccn2)o1)C(=O)Nc1sc2c(c1C#N)CCCCC2. The number of carbonyl (C=O) groups excluding carboxylic acids is 2. The number of thiophene rings is 1. The highest BCUT2D eigenvalue weighted by molar-refractivity contribution is 7.16. The Hall–Kier alpha value is -3.38. The molecule has 1 N–H and O–H groups in total. The van der Waals surface area contributed by atoms with Gasteiger partial charge in [-0.15, -0.1) is 11.3 Å². The smallest absolute Gasteiger partial charge is 0.375 e. The number of carbonyl (C=O) groups is 2. The first-order valence-corrected chi connectivity index (χ1v) is 11.0. The minimum atomic E-state index is -1.04. The molecule has 0 bridgehead atoms. The first-order valence-electron chi connectivity index (χ1n) is 10.2. The van der Waals surface area contributed by atoms with Crippen molar-refractivity contribution in [3.05, 3.63) is 58.1 Å². The number of nitrogens with zero attached hydrogens (tertiary/aromatic N) is 3. The van der Waals surface area contributed by atoms with Crippen molar-refractivity contribution in [2.45, 2.75) is 51.7 Å². The lowest BCUT2D eigenvalue weighted by atomic mass is 10.1. The molecule has 3 aromatic heterocycles. The topological polar surface area (TPSA) is 110 Å². The minimum Gasteiger partial charge on any atom is -0.452 e. The monoisotopic (exact) mass is 438 g/mol. The quantitative estimate of drug-likeness (QED) is 0.461. The molecule has 3 aromatic rings. The molecule has 9 heteroatoms. The molecule has 0 aromatic carbocycles. The molecular formula is C22H22N4O4S. The van der Waals surface area contributed by atoms with Crippen LogP contribution in [0.25, 0.3) is 0 Å². The van der Waals surface area contributed by atoms with Crippen LogP contribution in [0.1, 0.15) is 58.5 Å². The van der Waals surface area contributed by atoms with Gasteiger partial charge in [0, 0.05) is 17.3 Å². The fourth-order valence-corrected chi connectivity index (χ4v) is 4.80. The summed E-state index contributed by atoms with van der Waals surface area (Å²) in [6.45, 7) is 1.88. The first-order chi connectivity index (χ1) is 15.0. The van der Waals surface area contributed by atoms with E-state index in [4.69, 9.17) is 9.15 Å². The molecular weight excluding hydrogens is 416 g/mol. The van der Waals surface area contributed by atoms with Gasteiger partial charge >= 0.3 is 5.97 Å². The van der Waals surface area contributed by atoms with Crippen LogP contribution in [-0.2, 0) is 28.9 Å². The van der Waals surface area contributed by atoms with E-state index in [2.05, 4.69) is 16.5 Å². The predicted molar refractivity (Wildman–Crippen MR) is 114 cm³/mol. The highest BCUT2D eigenvalue weighted by Gasteiger charge is 2.25. The van der Waals surface area contributed by atoms with Gasteiger partial charge in [-0.1, -0.05) is 6.42 Å². The van der Waals surface area contributed by atoms with Gasteiger partial charge in [-0.25, -0.2) is 4.79 Å². The average Bonchev–Trinajstić information content (AvgIpc) is 3.46. The summed E-state index contributed by atoms with van der Waals surface area (Å²) in [5, 5.41) is 17.0. The fourth-order valence-electron chi connectivity index (χ4n) is 3.56. The molecule has 0 saturated carbocycles. The van der Waals surface area contributed by atoms with Crippen molar-refractivity contribution >= 4 is 28.2 Å². The molecule has 0 saturated heterocycles. The molecule has 4 rings (SSSR count). The zero-order valence-electron chi connectivity index (χ0n) is 17.1. The van der Waals surface area contributed by atoms with Crippen LogP contribution >= 0.6 is 11.3 Å². The summed E-state index contributed by atoms with van der Waals surface area (Å²) in [7, 11) is 0. The number of furan rings is 1. The number of aryl methyl sites for hydroxylation is 1. The van der Waals surface area contributed by atoms with Gasteiger partial charge in [0.15, 0.2) is 6.10 Å². The lowest BCUT2D eigenvalue weighted by Gasteiger charge is -2.12. The Morgan fingerprint density at radius 2 is 2.19 bits per heavy atom. The zero-order chi connectivity index (χ0) is 21.8. The normalized spacial score (nSPS) is 14.2. The second-order valence-corrected chi connectivity index (χ2v) is 8.49. The summed E-state index contributed by atoms with van der Waals surface area (Å²) in [5.41, 5.74) is 1.58. The van der Waals surface area contributed by atoms with Crippen LogP contribution in [0.5, 0.6) is 0 Å². The molecule has 3 heterocycles. The van der Waals surface area contributed by atoms with Crippen molar-refractivity contribution in [3.63, 3.8) is 0 Å². The maximum absolute atomic E-state index is 12.6. The van der Waals surface area contributed by atoms with Gasteiger partial charge in [0.05, 0.1) is 12.1 Å². The number of nitriles is 1. The molecule has 160 valence electrons.